The first-order valence-corrected chi connectivity index (χ1v) is 5.24. The lowest BCUT2D eigenvalue weighted by molar-refractivity contribution is 0.175. The summed E-state index contributed by atoms with van der Waals surface area (Å²) in [7, 11) is 1.62. The summed E-state index contributed by atoms with van der Waals surface area (Å²) in [6.45, 7) is 1.23. The van der Waals surface area contributed by atoms with Gasteiger partial charge in [-0.1, -0.05) is 12.1 Å². The van der Waals surface area contributed by atoms with E-state index < -0.39 is 6.10 Å². The zero-order valence-corrected chi connectivity index (χ0v) is 9.44. The molecule has 16 heavy (non-hydrogen) atoms. The van der Waals surface area contributed by atoms with Crippen LogP contribution in [0.3, 0.4) is 0 Å². The van der Waals surface area contributed by atoms with Crippen molar-refractivity contribution in [2.24, 2.45) is 0 Å². The molecule has 1 aromatic rings. The molecule has 0 aliphatic carbocycles. The van der Waals surface area contributed by atoms with Crippen molar-refractivity contribution in [2.45, 2.75) is 12.5 Å². The minimum absolute atomic E-state index is 0.508. The Bertz CT molecular complexity index is 340. The zero-order chi connectivity index (χ0) is 11.8. The van der Waals surface area contributed by atoms with Crippen molar-refractivity contribution >= 4 is 0 Å². The third-order valence-electron chi connectivity index (χ3n) is 2.28. The number of terminal acetylenes is 1. The molecule has 0 radical (unpaired) electrons. The Morgan fingerprint density at radius 2 is 2.12 bits per heavy atom. The molecule has 0 spiro atoms. The van der Waals surface area contributed by atoms with Crippen molar-refractivity contribution in [2.75, 3.05) is 20.2 Å². The fourth-order valence-electron chi connectivity index (χ4n) is 1.34. The lowest BCUT2D eigenvalue weighted by atomic mass is 10.1. The predicted molar refractivity (Wildman–Crippen MR) is 64.3 cm³/mol. The molecule has 1 unspecified atom stereocenters. The van der Waals surface area contributed by atoms with Crippen LogP contribution in [0.5, 0.6) is 5.75 Å². The van der Waals surface area contributed by atoms with Crippen molar-refractivity contribution in [1.29, 1.82) is 0 Å². The molecule has 0 fully saturated rings. The Morgan fingerprint density at radius 1 is 1.44 bits per heavy atom. The number of hydrogen-bond donors (Lipinski definition) is 2. The largest absolute Gasteiger partial charge is 0.497 e. The molecule has 0 aliphatic heterocycles. The summed E-state index contributed by atoms with van der Waals surface area (Å²) in [5, 5.41) is 12.9. The molecule has 2 N–H and O–H groups in total. The number of benzene rings is 1. The minimum Gasteiger partial charge on any atom is -0.497 e. The first kappa shape index (κ1) is 12.6. The van der Waals surface area contributed by atoms with Crippen LogP contribution in [-0.2, 0) is 0 Å². The van der Waals surface area contributed by atoms with Gasteiger partial charge in [0.2, 0.25) is 0 Å². The highest BCUT2D eigenvalue weighted by molar-refractivity contribution is 5.28. The van der Waals surface area contributed by atoms with Crippen LogP contribution in [0, 0.1) is 12.3 Å². The minimum atomic E-state index is -0.510. The maximum atomic E-state index is 9.83. The van der Waals surface area contributed by atoms with Crippen LogP contribution in [0.2, 0.25) is 0 Å². The van der Waals surface area contributed by atoms with Crippen LogP contribution in [0.15, 0.2) is 24.3 Å². The van der Waals surface area contributed by atoms with Gasteiger partial charge in [0.15, 0.2) is 0 Å². The van der Waals surface area contributed by atoms with Gasteiger partial charge in [0.25, 0.3) is 0 Å². The van der Waals surface area contributed by atoms with Crippen LogP contribution < -0.4 is 10.1 Å². The normalized spacial score (nSPS) is 11.8. The van der Waals surface area contributed by atoms with E-state index in [4.69, 9.17) is 11.2 Å². The summed E-state index contributed by atoms with van der Waals surface area (Å²) >= 11 is 0. The second kappa shape index (κ2) is 6.89. The third kappa shape index (κ3) is 3.93. The van der Waals surface area contributed by atoms with Crippen LogP contribution in [0.4, 0.5) is 0 Å². The highest BCUT2D eigenvalue weighted by Gasteiger charge is 2.06. The average Bonchev–Trinajstić information content (AvgIpc) is 2.34. The topological polar surface area (TPSA) is 41.5 Å². The highest BCUT2D eigenvalue weighted by Crippen LogP contribution is 2.16. The summed E-state index contributed by atoms with van der Waals surface area (Å²) < 4.78 is 5.04. The number of aliphatic hydroxyl groups excluding tert-OH is 1. The van der Waals surface area contributed by atoms with Crippen LogP contribution >= 0.6 is 0 Å². The summed E-state index contributed by atoms with van der Waals surface area (Å²) in [5.41, 5.74) is 0.869. The van der Waals surface area contributed by atoms with Gasteiger partial charge in [-0.15, -0.1) is 12.3 Å². The first-order chi connectivity index (χ1) is 7.77. The summed E-state index contributed by atoms with van der Waals surface area (Å²) in [6.07, 6.45) is 5.29. The maximum Gasteiger partial charge on any atom is 0.118 e. The van der Waals surface area contributed by atoms with E-state index >= 15 is 0 Å². The van der Waals surface area contributed by atoms with E-state index in [1.807, 2.05) is 24.3 Å². The van der Waals surface area contributed by atoms with Crippen LogP contribution in [-0.4, -0.2) is 25.3 Å². The van der Waals surface area contributed by atoms with Crippen LogP contribution in [0.25, 0.3) is 0 Å². The number of nitrogens with one attached hydrogen (secondary N) is 1. The Morgan fingerprint density at radius 3 is 2.69 bits per heavy atom. The van der Waals surface area contributed by atoms with Gasteiger partial charge in [-0.05, 0) is 17.7 Å². The quantitative estimate of drug-likeness (QED) is 0.560. The molecular weight excluding hydrogens is 202 g/mol. The average molecular weight is 219 g/mol. The predicted octanol–water partition coefficient (Wildman–Crippen LogP) is 1.34. The molecule has 3 heteroatoms. The van der Waals surface area contributed by atoms with E-state index in [0.29, 0.717) is 13.0 Å². The molecule has 86 valence electrons. The van der Waals surface area contributed by atoms with Gasteiger partial charge < -0.3 is 15.2 Å². The van der Waals surface area contributed by atoms with Gasteiger partial charge in [-0.25, -0.2) is 0 Å². The van der Waals surface area contributed by atoms with Crippen molar-refractivity contribution in [3.05, 3.63) is 29.8 Å². The molecule has 0 aromatic heterocycles. The lowest BCUT2D eigenvalue weighted by Gasteiger charge is -2.12. The molecule has 0 heterocycles. The molecule has 1 rings (SSSR count). The van der Waals surface area contributed by atoms with E-state index in [2.05, 4.69) is 11.2 Å². The van der Waals surface area contributed by atoms with Gasteiger partial charge in [-0.2, -0.15) is 0 Å². The van der Waals surface area contributed by atoms with E-state index in [-0.39, 0.29) is 0 Å². The second-order valence-electron chi connectivity index (χ2n) is 3.45. The van der Waals surface area contributed by atoms with Gasteiger partial charge in [0.1, 0.15) is 5.75 Å². The number of rotatable bonds is 6. The van der Waals surface area contributed by atoms with E-state index in [9.17, 15) is 5.11 Å². The number of hydrogen-bond acceptors (Lipinski definition) is 3. The Labute approximate surface area is 96.4 Å². The molecular formula is C13H17NO2. The van der Waals surface area contributed by atoms with Crippen LogP contribution in [0.1, 0.15) is 18.1 Å². The molecule has 0 bridgehead atoms. The summed E-state index contributed by atoms with van der Waals surface area (Å²) in [5.74, 6) is 3.32. The van der Waals surface area contributed by atoms with Gasteiger partial charge in [0, 0.05) is 19.5 Å². The SMILES string of the molecule is C#CCCNCC(O)c1ccc(OC)cc1. The maximum absolute atomic E-state index is 9.83. The summed E-state index contributed by atoms with van der Waals surface area (Å²) in [4.78, 5) is 0. The first-order valence-electron chi connectivity index (χ1n) is 5.24. The number of ether oxygens (including phenoxy) is 1. The smallest absolute Gasteiger partial charge is 0.118 e. The zero-order valence-electron chi connectivity index (χ0n) is 9.44. The fraction of sp³-hybridized carbons (Fsp3) is 0.385. The van der Waals surface area contributed by atoms with Crippen molar-refractivity contribution in [3.8, 4) is 18.1 Å². The van der Waals surface area contributed by atoms with Gasteiger partial charge >= 0.3 is 0 Å². The highest BCUT2D eigenvalue weighted by atomic mass is 16.5. The monoisotopic (exact) mass is 219 g/mol. The molecule has 3 nitrogen and oxygen atoms in total. The lowest BCUT2D eigenvalue weighted by Crippen LogP contribution is -2.22. The van der Waals surface area contributed by atoms with E-state index in [1.54, 1.807) is 7.11 Å². The van der Waals surface area contributed by atoms with Crippen molar-refractivity contribution in [3.63, 3.8) is 0 Å². The number of methoxy groups -OCH3 is 1. The molecule has 0 saturated heterocycles. The Hall–Kier alpha value is -1.50. The molecule has 0 saturated carbocycles. The molecule has 1 atom stereocenters. The Balaban J connectivity index is 2.40. The standard InChI is InChI=1S/C13H17NO2/c1-3-4-9-14-10-13(15)11-5-7-12(16-2)8-6-11/h1,5-8,13-15H,4,9-10H2,2H3. The van der Waals surface area contributed by atoms with Gasteiger partial charge in [0.05, 0.1) is 13.2 Å². The van der Waals surface area contributed by atoms with Crippen molar-refractivity contribution < 1.29 is 9.84 Å². The van der Waals surface area contributed by atoms with Crippen molar-refractivity contribution in [1.82, 2.24) is 5.32 Å². The van der Waals surface area contributed by atoms with E-state index in [1.165, 1.54) is 0 Å². The van der Waals surface area contributed by atoms with Gasteiger partial charge in [-0.3, -0.25) is 0 Å². The third-order valence-corrected chi connectivity index (χ3v) is 2.28. The van der Waals surface area contributed by atoms with E-state index in [0.717, 1.165) is 17.9 Å². The fourth-order valence-corrected chi connectivity index (χ4v) is 1.34. The molecule has 0 aliphatic rings. The number of aliphatic hydroxyl groups is 1. The molecule has 0 amide bonds. The summed E-state index contributed by atoms with van der Waals surface area (Å²) in [6, 6.07) is 7.37. The molecule has 1 aromatic carbocycles. The second-order valence-corrected chi connectivity index (χ2v) is 3.45. The Kier molecular flexibility index (Phi) is 5.41.